The molecule has 0 amide bonds. The summed E-state index contributed by atoms with van der Waals surface area (Å²) in [5, 5.41) is 0.480. The number of carbonyl (C=O) groups is 1. The van der Waals surface area contributed by atoms with E-state index >= 15 is 0 Å². The van der Waals surface area contributed by atoms with Crippen molar-refractivity contribution in [2.75, 3.05) is 6.61 Å². The maximum Gasteiger partial charge on any atom is 0.347 e. The van der Waals surface area contributed by atoms with Gasteiger partial charge in [-0.2, -0.15) is 0 Å². The van der Waals surface area contributed by atoms with Crippen LogP contribution in [0.15, 0.2) is 24.3 Å². The molecule has 0 heterocycles. The highest BCUT2D eigenvalue weighted by molar-refractivity contribution is 6.32. The zero-order valence-corrected chi connectivity index (χ0v) is 9.45. The van der Waals surface area contributed by atoms with E-state index < -0.39 is 12.1 Å². The number of rotatable bonds is 4. The van der Waals surface area contributed by atoms with E-state index in [4.69, 9.17) is 21.1 Å². The van der Waals surface area contributed by atoms with Gasteiger partial charge in [-0.1, -0.05) is 23.7 Å². The quantitative estimate of drug-likeness (QED) is 0.744. The maximum absolute atomic E-state index is 11.3. The first-order chi connectivity index (χ1) is 7.15. The number of esters is 1. The number of hydrogen-bond donors (Lipinski definition) is 0. The summed E-state index contributed by atoms with van der Waals surface area (Å²) in [6.07, 6.45) is -0.648. The summed E-state index contributed by atoms with van der Waals surface area (Å²) < 4.78 is 10.2. The molecular formula is C11H13ClO3. The molecule has 0 fully saturated rings. The van der Waals surface area contributed by atoms with Crippen LogP contribution in [0, 0.1) is 0 Å². The molecule has 0 saturated carbocycles. The van der Waals surface area contributed by atoms with E-state index in [-0.39, 0.29) is 0 Å². The lowest BCUT2D eigenvalue weighted by Crippen LogP contribution is -2.26. The average Bonchev–Trinajstić information content (AvgIpc) is 2.21. The van der Waals surface area contributed by atoms with E-state index in [1.807, 2.05) is 0 Å². The molecule has 3 nitrogen and oxygen atoms in total. The highest BCUT2D eigenvalue weighted by Gasteiger charge is 2.16. The van der Waals surface area contributed by atoms with Gasteiger partial charge in [-0.05, 0) is 26.0 Å². The smallest absolute Gasteiger partial charge is 0.347 e. The van der Waals surface area contributed by atoms with E-state index in [9.17, 15) is 4.79 Å². The molecule has 0 aliphatic carbocycles. The summed E-state index contributed by atoms with van der Waals surface area (Å²) >= 11 is 5.87. The van der Waals surface area contributed by atoms with Crippen LogP contribution < -0.4 is 4.74 Å². The molecule has 1 rings (SSSR count). The molecule has 0 radical (unpaired) electrons. The molecule has 0 aliphatic rings. The van der Waals surface area contributed by atoms with Crippen LogP contribution in [0.4, 0.5) is 0 Å². The molecule has 0 aliphatic heterocycles. The van der Waals surface area contributed by atoms with Crippen LogP contribution in [0.25, 0.3) is 0 Å². The summed E-state index contributed by atoms with van der Waals surface area (Å²) in [6.45, 7) is 3.72. The molecule has 15 heavy (non-hydrogen) atoms. The molecule has 4 heteroatoms. The Morgan fingerprint density at radius 1 is 1.47 bits per heavy atom. The molecule has 0 saturated heterocycles. The number of para-hydroxylation sites is 1. The molecular weight excluding hydrogens is 216 g/mol. The van der Waals surface area contributed by atoms with Gasteiger partial charge in [0.25, 0.3) is 0 Å². The number of halogens is 1. The fourth-order valence-corrected chi connectivity index (χ4v) is 1.22. The first-order valence-corrected chi connectivity index (χ1v) is 5.10. The Balaban J connectivity index is 2.62. The molecule has 0 unspecified atom stereocenters. The van der Waals surface area contributed by atoms with Crippen molar-refractivity contribution in [3.05, 3.63) is 29.3 Å². The Kier molecular flexibility index (Phi) is 4.43. The molecule has 1 aromatic carbocycles. The number of hydrogen-bond acceptors (Lipinski definition) is 3. The molecule has 0 bridgehead atoms. The normalized spacial score (nSPS) is 11.9. The zero-order valence-electron chi connectivity index (χ0n) is 8.70. The third-order valence-electron chi connectivity index (χ3n) is 1.76. The van der Waals surface area contributed by atoms with Gasteiger partial charge in [-0.3, -0.25) is 0 Å². The minimum atomic E-state index is -0.648. The summed E-state index contributed by atoms with van der Waals surface area (Å²) in [6, 6.07) is 7.00. The van der Waals surface area contributed by atoms with Crippen molar-refractivity contribution < 1.29 is 14.3 Å². The fraction of sp³-hybridized carbons (Fsp3) is 0.364. The van der Waals surface area contributed by atoms with Crippen molar-refractivity contribution in [1.82, 2.24) is 0 Å². The second kappa shape index (κ2) is 5.61. The largest absolute Gasteiger partial charge is 0.477 e. The van der Waals surface area contributed by atoms with Gasteiger partial charge < -0.3 is 9.47 Å². The zero-order chi connectivity index (χ0) is 11.3. The second-order valence-corrected chi connectivity index (χ2v) is 3.35. The number of carbonyl (C=O) groups excluding carboxylic acids is 1. The van der Waals surface area contributed by atoms with Crippen LogP contribution in [0.1, 0.15) is 13.8 Å². The predicted octanol–water partition coefficient (Wildman–Crippen LogP) is 2.67. The third kappa shape index (κ3) is 3.44. The Morgan fingerprint density at radius 2 is 2.13 bits per heavy atom. The Labute approximate surface area is 93.9 Å². The van der Waals surface area contributed by atoms with E-state index in [1.165, 1.54) is 0 Å². The maximum atomic E-state index is 11.3. The highest BCUT2D eigenvalue weighted by atomic mass is 35.5. The van der Waals surface area contributed by atoms with Gasteiger partial charge in [0.2, 0.25) is 0 Å². The first kappa shape index (κ1) is 11.9. The van der Waals surface area contributed by atoms with Crippen LogP contribution in [-0.4, -0.2) is 18.7 Å². The lowest BCUT2D eigenvalue weighted by Gasteiger charge is -2.13. The van der Waals surface area contributed by atoms with Crippen molar-refractivity contribution in [3.63, 3.8) is 0 Å². The SMILES string of the molecule is CCOC(=O)[C@@H](C)Oc1ccccc1Cl. The highest BCUT2D eigenvalue weighted by Crippen LogP contribution is 2.24. The van der Waals surface area contributed by atoms with Gasteiger partial charge in [-0.15, -0.1) is 0 Å². The van der Waals surface area contributed by atoms with E-state index in [2.05, 4.69) is 0 Å². The van der Waals surface area contributed by atoms with Crippen LogP contribution in [-0.2, 0) is 9.53 Å². The third-order valence-corrected chi connectivity index (χ3v) is 2.07. The van der Waals surface area contributed by atoms with Crippen molar-refractivity contribution in [2.45, 2.75) is 20.0 Å². The minimum Gasteiger partial charge on any atom is -0.477 e. The topological polar surface area (TPSA) is 35.5 Å². The lowest BCUT2D eigenvalue weighted by atomic mass is 10.3. The van der Waals surface area contributed by atoms with Crippen molar-refractivity contribution in [1.29, 1.82) is 0 Å². The Morgan fingerprint density at radius 3 is 2.73 bits per heavy atom. The summed E-state index contributed by atoms with van der Waals surface area (Å²) in [5.41, 5.74) is 0. The molecule has 0 aromatic heterocycles. The van der Waals surface area contributed by atoms with Gasteiger partial charge in [0.1, 0.15) is 5.75 Å². The lowest BCUT2D eigenvalue weighted by molar-refractivity contribution is -0.150. The first-order valence-electron chi connectivity index (χ1n) is 4.73. The summed E-state index contributed by atoms with van der Waals surface area (Å²) in [5.74, 6) is 0.0946. The summed E-state index contributed by atoms with van der Waals surface area (Å²) in [7, 11) is 0. The number of benzene rings is 1. The van der Waals surface area contributed by atoms with Crippen molar-refractivity contribution in [2.24, 2.45) is 0 Å². The minimum absolute atomic E-state index is 0.342. The van der Waals surface area contributed by atoms with Crippen molar-refractivity contribution >= 4 is 17.6 Å². The van der Waals surface area contributed by atoms with Crippen LogP contribution in [0.3, 0.4) is 0 Å². The van der Waals surface area contributed by atoms with Gasteiger partial charge in [0.05, 0.1) is 11.6 Å². The van der Waals surface area contributed by atoms with E-state index in [1.54, 1.807) is 38.1 Å². The van der Waals surface area contributed by atoms with Gasteiger partial charge >= 0.3 is 5.97 Å². The van der Waals surface area contributed by atoms with Crippen LogP contribution in [0.2, 0.25) is 5.02 Å². The van der Waals surface area contributed by atoms with Gasteiger partial charge in [0, 0.05) is 0 Å². The molecule has 1 atom stereocenters. The standard InChI is InChI=1S/C11H13ClO3/c1-3-14-11(13)8(2)15-10-7-5-4-6-9(10)12/h4-8H,3H2,1-2H3/t8-/m1/s1. The van der Waals surface area contributed by atoms with E-state index in [0.29, 0.717) is 17.4 Å². The molecule has 1 aromatic rings. The fourth-order valence-electron chi connectivity index (χ4n) is 1.04. The number of ether oxygens (including phenoxy) is 2. The predicted molar refractivity (Wildman–Crippen MR) is 58.2 cm³/mol. The van der Waals surface area contributed by atoms with Crippen molar-refractivity contribution in [3.8, 4) is 5.75 Å². The monoisotopic (exact) mass is 228 g/mol. The van der Waals surface area contributed by atoms with Crippen LogP contribution >= 0.6 is 11.6 Å². The summed E-state index contributed by atoms with van der Waals surface area (Å²) in [4.78, 5) is 11.3. The second-order valence-electron chi connectivity index (χ2n) is 2.94. The van der Waals surface area contributed by atoms with E-state index in [0.717, 1.165) is 0 Å². The van der Waals surface area contributed by atoms with Crippen LogP contribution in [0.5, 0.6) is 5.75 Å². The molecule has 82 valence electrons. The Bertz CT molecular complexity index is 338. The average molecular weight is 229 g/mol. The van der Waals surface area contributed by atoms with Gasteiger partial charge in [-0.25, -0.2) is 4.79 Å². The molecule has 0 N–H and O–H groups in total. The Hall–Kier alpha value is -1.22. The van der Waals surface area contributed by atoms with Gasteiger partial charge in [0.15, 0.2) is 6.10 Å². The molecule has 0 spiro atoms.